The highest BCUT2D eigenvalue weighted by Crippen LogP contribution is 2.34. The van der Waals surface area contributed by atoms with Gasteiger partial charge in [-0.3, -0.25) is 4.79 Å². The van der Waals surface area contributed by atoms with Gasteiger partial charge in [-0.1, -0.05) is 19.1 Å². The van der Waals surface area contributed by atoms with Crippen LogP contribution in [0.2, 0.25) is 0 Å². The van der Waals surface area contributed by atoms with Crippen LogP contribution in [0.3, 0.4) is 0 Å². The van der Waals surface area contributed by atoms with E-state index in [0.717, 1.165) is 11.1 Å². The number of carbonyl (C=O) groups is 1. The van der Waals surface area contributed by atoms with Gasteiger partial charge < -0.3 is 9.47 Å². The highest BCUT2D eigenvalue weighted by atomic mass is 32.1. The van der Waals surface area contributed by atoms with Crippen molar-refractivity contribution in [3.05, 3.63) is 52.2 Å². The monoisotopic (exact) mass is 342 g/mol. The zero-order valence-corrected chi connectivity index (χ0v) is 14.4. The molecule has 1 aromatic heterocycles. The number of esters is 1. The molecule has 0 bridgehead atoms. The second kappa shape index (κ2) is 7.01. The van der Waals surface area contributed by atoms with Crippen LogP contribution in [-0.2, 0) is 4.74 Å². The zero-order valence-electron chi connectivity index (χ0n) is 13.6. The fourth-order valence-electron chi connectivity index (χ4n) is 2.58. The van der Waals surface area contributed by atoms with Crippen LogP contribution >= 0.6 is 11.3 Å². The fraction of sp³-hybridized carbons (Fsp3) is 0.263. The van der Waals surface area contributed by atoms with E-state index in [9.17, 15) is 9.59 Å². The smallest absolute Gasteiger partial charge is 0.338 e. The Balaban J connectivity index is 2.36. The number of hydrogen-bond acceptors (Lipinski definition) is 5. The quantitative estimate of drug-likeness (QED) is 0.510. The Morgan fingerprint density at radius 1 is 1.12 bits per heavy atom. The molecule has 3 rings (SSSR count). The van der Waals surface area contributed by atoms with Crippen molar-refractivity contribution in [3.63, 3.8) is 0 Å². The molecule has 0 amide bonds. The van der Waals surface area contributed by atoms with E-state index in [1.807, 2.05) is 25.1 Å². The number of carbonyl (C=O) groups excluding carboxylic acids is 1. The van der Waals surface area contributed by atoms with Crippen molar-refractivity contribution >= 4 is 37.5 Å². The summed E-state index contributed by atoms with van der Waals surface area (Å²) >= 11 is 1.46. The number of ether oxygens (including phenoxy) is 2. The lowest BCUT2D eigenvalue weighted by Gasteiger charge is -2.11. The van der Waals surface area contributed by atoms with Gasteiger partial charge >= 0.3 is 5.97 Å². The van der Waals surface area contributed by atoms with Crippen LogP contribution in [0.4, 0.5) is 0 Å². The molecule has 0 N–H and O–H groups in total. The van der Waals surface area contributed by atoms with E-state index in [1.165, 1.54) is 11.3 Å². The minimum atomic E-state index is -0.482. The van der Waals surface area contributed by atoms with Crippen molar-refractivity contribution in [3.8, 4) is 5.75 Å². The molecule has 0 saturated carbocycles. The third-order valence-corrected chi connectivity index (χ3v) is 4.83. The van der Waals surface area contributed by atoms with Crippen LogP contribution < -0.4 is 10.2 Å². The molecule has 3 aromatic rings. The number of hydrogen-bond donors (Lipinski definition) is 0. The first kappa shape index (κ1) is 16.5. The van der Waals surface area contributed by atoms with Gasteiger partial charge in [0.1, 0.15) is 5.75 Å². The number of fused-ring (bicyclic) bond motifs is 2. The number of rotatable bonds is 5. The summed E-state index contributed by atoms with van der Waals surface area (Å²) in [6, 6.07) is 10.8. The molecule has 5 heteroatoms. The van der Waals surface area contributed by atoms with Crippen molar-refractivity contribution in [1.82, 2.24) is 0 Å². The lowest BCUT2D eigenvalue weighted by Crippen LogP contribution is -2.12. The molecule has 0 saturated heterocycles. The van der Waals surface area contributed by atoms with Crippen LogP contribution in [0.15, 0.2) is 41.2 Å². The second-order valence-corrected chi connectivity index (χ2v) is 6.36. The van der Waals surface area contributed by atoms with E-state index in [4.69, 9.17) is 9.47 Å². The molecule has 2 aromatic carbocycles. The lowest BCUT2D eigenvalue weighted by molar-refractivity contribution is 0.0528. The van der Waals surface area contributed by atoms with Gasteiger partial charge in [-0.05, 0) is 37.6 Å². The second-order valence-electron chi connectivity index (χ2n) is 5.31. The normalized spacial score (nSPS) is 10.9. The van der Waals surface area contributed by atoms with E-state index in [2.05, 4.69) is 0 Å². The van der Waals surface area contributed by atoms with Gasteiger partial charge in [-0.2, -0.15) is 0 Å². The highest BCUT2D eigenvalue weighted by Gasteiger charge is 2.19. The first-order valence-corrected chi connectivity index (χ1v) is 8.77. The molecule has 0 unspecified atom stereocenters. The SMILES string of the molecule is CCCOc1ccc(C(=O)OCC)c2c(=O)c3ccccc3sc12. The third-order valence-electron chi connectivity index (χ3n) is 3.65. The van der Waals surface area contributed by atoms with Gasteiger partial charge in [-0.25, -0.2) is 4.79 Å². The average Bonchev–Trinajstić information content (AvgIpc) is 2.60. The Bertz CT molecular complexity index is 959. The minimum Gasteiger partial charge on any atom is -0.492 e. The van der Waals surface area contributed by atoms with Gasteiger partial charge in [0, 0.05) is 10.1 Å². The van der Waals surface area contributed by atoms with Crippen LogP contribution in [0.25, 0.3) is 20.2 Å². The zero-order chi connectivity index (χ0) is 17.1. The topological polar surface area (TPSA) is 52.6 Å². The summed E-state index contributed by atoms with van der Waals surface area (Å²) in [6.07, 6.45) is 0.865. The molecule has 0 aliphatic heterocycles. The molecular formula is C19H18O4S. The van der Waals surface area contributed by atoms with Gasteiger partial charge in [0.05, 0.1) is 28.9 Å². The van der Waals surface area contributed by atoms with Crippen LogP contribution in [-0.4, -0.2) is 19.2 Å². The summed E-state index contributed by atoms with van der Waals surface area (Å²) in [7, 11) is 0. The average molecular weight is 342 g/mol. The summed E-state index contributed by atoms with van der Waals surface area (Å²) < 4.78 is 12.5. The largest absolute Gasteiger partial charge is 0.492 e. The third kappa shape index (κ3) is 2.87. The van der Waals surface area contributed by atoms with Crippen molar-refractivity contribution in [1.29, 1.82) is 0 Å². The van der Waals surface area contributed by atoms with E-state index in [0.29, 0.717) is 33.4 Å². The van der Waals surface area contributed by atoms with E-state index < -0.39 is 5.97 Å². The first-order chi connectivity index (χ1) is 11.7. The van der Waals surface area contributed by atoms with Gasteiger partial charge in [0.2, 0.25) is 0 Å². The molecule has 1 heterocycles. The maximum atomic E-state index is 13.0. The predicted molar refractivity (Wildman–Crippen MR) is 97.3 cm³/mol. The van der Waals surface area contributed by atoms with E-state index >= 15 is 0 Å². The maximum Gasteiger partial charge on any atom is 0.338 e. The van der Waals surface area contributed by atoms with Crippen molar-refractivity contribution in [2.45, 2.75) is 20.3 Å². The Labute approximate surface area is 143 Å². The predicted octanol–water partition coefficient (Wildman–Crippen LogP) is 4.38. The highest BCUT2D eigenvalue weighted by molar-refractivity contribution is 7.25. The van der Waals surface area contributed by atoms with Crippen molar-refractivity contribution < 1.29 is 14.3 Å². The molecule has 0 atom stereocenters. The molecule has 124 valence electrons. The lowest BCUT2D eigenvalue weighted by atomic mass is 10.1. The molecule has 24 heavy (non-hydrogen) atoms. The summed E-state index contributed by atoms with van der Waals surface area (Å²) in [6.45, 7) is 4.59. The molecular weight excluding hydrogens is 324 g/mol. The van der Waals surface area contributed by atoms with Crippen LogP contribution in [0.5, 0.6) is 5.75 Å². The molecule has 0 spiro atoms. The number of benzene rings is 2. The maximum absolute atomic E-state index is 13.0. The summed E-state index contributed by atoms with van der Waals surface area (Å²) in [5, 5.41) is 0.985. The van der Waals surface area contributed by atoms with E-state index in [-0.39, 0.29) is 12.0 Å². The Hall–Kier alpha value is -2.40. The van der Waals surface area contributed by atoms with Gasteiger partial charge in [-0.15, -0.1) is 11.3 Å². The molecule has 0 aliphatic carbocycles. The minimum absolute atomic E-state index is 0.163. The van der Waals surface area contributed by atoms with E-state index in [1.54, 1.807) is 25.1 Å². The Kier molecular flexibility index (Phi) is 4.81. The summed E-state index contributed by atoms with van der Waals surface area (Å²) in [4.78, 5) is 25.3. The molecule has 0 fully saturated rings. The standard InChI is InChI=1S/C19H18O4S/c1-3-11-23-14-10-9-13(19(21)22-4-2)16-17(20)12-7-5-6-8-15(12)24-18(14)16/h5-10H,3-4,11H2,1-2H3. The van der Waals surface area contributed by atoms with Gasteiger partial charge in [0.15, 0.2) is 5.43 Å². The van der Waals surface area contributed by atoms with Crippen molar-refractivity contribution in [2.75, 3.05) is 13.2 Å². The molecule has 4 nitrogen and oxygen atoms in total. The van der Waals surface area contributed by atoms with Crippen LogP contribution in [0, 0.1) is 0 Å². The molecule has 0 aliphatic rings. The summed E-state index contributed by atoms with van der Waals surface area (Å²) in [5.74, 6) is 0.150. The summed E-state index contributed by atoms with van der Waals surface area (Å²) in [5.41, 5.74) is 0.132. The Morgan fingerprint density at radius 2 is 1.92 bits per heavy atom. The van der Waals surface area contributed by atoms with Gasteiger partial charge in [0.25, 0.3) is 0 Å². The van der Waals surface area contributed by atoms with Crippen LogP contribution in [0.1, 0.15) is 30.6 Å². The first-order valence-electron chi connectivity index (χ1n) is 7.95. The molecule has 0 radical (unpaired) electrons. The Morgan fingerprint density at radius 3 is 2.67 bits per heavy atom. The fourth-order valence-corrected chi connectivity index (χ4v) is 3.75. The van der Waals surface area contributed by atoms with Crippen molar-refractivity contribution in [2.24, 2.45) is 0 Å².